The lowest BCUT2D eigenvalue weighted by Crippen LogP contribution is -2.38. The minimum absolute atomic E-state index is 0.928. The number of hydrogen-bond acceptors (Lipinski definition) is 1. The zero-order valence-corrected chi connectivity index (χ0v) is 8.77. The van der Waals surface area contributed by atoms with E-state index in [-0.39, 0.29) is 0 Å². The van der Waals surface area contributed by atoms with Crippen molar-refractivity contribution < 1.29 is 0 Å². The lowest BCUT2D eigenvalue weighted by atomic mass is 9.95. The lowest BCUT2D eigenvalue weighted by Gasteiger charge is -2.32. The Morgan fingerprint density at radius 3 is 2.36 bits per heavy atom. The first kappa shape index (κ1) is 9.27. The summed E-state index contributed by atoms with van der Waals surface area (Å²) in [6.45, 7) is 5.84. The minimum atomic E-state index is 0.928. The summed E-state index contributed by atoms with van der Waals surface area (Å²) >= 11 is 0. The molecule has 1 fully saturated rings. The summed E-state index contributed by atoms with van der Waals surface area (Å²) in [5.41, 5.74) is 0. The predicted molar refractivity (Wildman–Crippen MR) is 50.9 cm³/mol. The van der Waals surface area contributed by atoms with Crippen molar-refractivity contribution in [2.45, 2.75) is 51.6 Å². The first-order valence-electron chi connectivity index (χ1n) is 4.82. The maximum Gasteiger partial charge on any atom is 0.138 e. The molecule has 11 heavy (non-hydrogen) atoms. The topological polar surface area (TPSA) is 3.24 Å². The molecule has 1 saturated carbocycles. The van der Waals surface area contributed by atoms with Gasteiger partial charge in [-0.15, -0.1) is 0 Å². The Balaban J connectivity index is 2.30. The average molecular weight is 169 g/mol. The van der Waals surface area contributed by atoms with Gasteiger partial charge in [0.05, 0.1) is 0 Å². The van der Waals surface area contributed by atoms with Gasteiger partial charge in [-0.3, -0.25) is 0 Å². The van der Waals surface area contributed by atoms with Crippen LogP contribution < -0.4 is 0 Å². The van der Waals surface area contributed by atoms with Crippen LogP contribution in [0.5, 0.6) is 0 Å². The van der Waals surface area contributed by atoms with Crippen LogP contribution in [0.1, 0.15) is 39.0 Å². The van der Waals surface area contributed by atoms with Gasteiger partial charge >= 0.3 is 0 Å². The molecule has 0 aromatic rings. The summed E-state index contributed by atoms with van der Waals surface area (Å²) in [6, 6.07) is 0.928. The van der Waals surface area contributed by atoms with Crippen molar-refractivity contribution in [3.05, 3.63) is 0 Å². The highest BCUT2D eigenvalue weighted by molar-refractivity contribution is 6.29. The van der Waals surface area contributed by atoms with Crippen molar-refractivity contribution in [1.29, 1.82) is 0 Å². The van der Waals surface area contributed by atoms with Crippen LogP contribution in [0.25, 0.3) is 0 Å². The van der Waals surface area contributed by atoms with E-state index in [4.69, 9.17) is 0 Å². The average Bonchev–Trinajstić information content (AvgIpc) is 2.09. The molecule has 0 aliphatic heterocycles. The number of rotatable bonds is 3. The van der Waals surface area contributed by atoms with Gasteiger partial charge in [0.1, 0.15) is 9.68 Å². The molecule has 0 bridgehead atoms. The Bertz CT molecular complexity index is 95.7. The Morgan fingerprint density at radius 1 is 1.27 bits per heavy atom. The largest absolute Gasteiger partial charge is 0.323 e. The van der Waals surface area contributed by atoms with Crippen LogP contribution in [0.3, 0.4) is 0 Å². The Labute approximate surface area is 73.1 Å². The highest BCUT2D eigenvalue weighted by Gasteiger charge is 2.17. The SMILES string of the molecule is CCN([Si]C)C1CCCCC1. The fourth-order valence-electron chi connectivity index (χ4n) is 1.99. The van der Waals surface area contributed by atoms with Crippen LogP contribution in [0.15, 0.2) is 0 Å². The molecule has 2 heteroatoms. The maximum atomic E-state index is 2.64. The highest BCUT2D eigenvalue weighted by Crippen LogP contribution is 2.21. The van der Waals surface area contributed by atoms with Gasteiger partial charge < -0.3 is 4.57 Å². The van der Waals surface area contributed by atoms with Gasteiger partial charge in [-0.25, -0.2) is 0 Å². The van der Waals surface area contributed by atoms with Crippen molar-refractivity contribution in [3.8, 4) is 0 Å². The van der Waals surface area contributed by atoms with E-state index in [0.717, 1.165) is 15.7 Å². The fourth-order valence-corrected chi connectivity index (χ4v) is 2.93. The molecule has 2 radical (unpaired) electrons. The summed E-state index contributed by atoms with van der Waals surface area (Å²) in [4.78, 5) is 0. The third kappa shape index (κ3) is 2.60. The van der Waals surface area contributed by atoms with Gasteiger partial charge in [0.2, 0.25) is 0 Å². The summed E-state index contributed by atoms with van der Waals surface area (Å²) in [5, 5.41) is 0. The molecule has 0 atom stereocenters. The first-order chi connectivity index (χ1) is 5.38. The zero-order chi connectivity index (χ0) is 8.10. The Morgan fingerprint density at radius 2 is 1.91 bits per heavy atom. The number of hydrogen-bond donors (Lipinski definition) is 0. The van der Waals surface area contributed by atoms with Crippen LogP contribution in [0.4, 0.5) is 0 Å². The predicted octanol–water partition coefficient (Wildman–Crippen LogP) is 2.31. The molecule has 0 unspecified atom stereocenters. The zero-order valence-electron chi connectivity index (χ0n) is 7.77. The van der Waals surface area contributed by atoms with Crippen molar-refractivity contribution in [2.24, 2.45) is 0 Å². The van der Waals surface area contributed by atoms with Crippen LogP contribution in [-0.2, 0) is 0 Å². The minimum Gasteiger partial charge on any atom is -0.323 e. The molecular formula is C9H19NSi. The normalized spacial score (nSPS) is 21.0. The summed E-state index contributed by atoms with van der Waals surface area (Å²) in [7, 11) is 1.01. The molecule has 0 saturated heterocycles. The second kappa shape index (κ2) is 4.94. The van der Waals surface area contributed by atoms with Crippen LogP contribution >= 0.6 is 0 Å². The Hall–Kier alpha value is 0.177. The van der Waals surface area contributed by atoms with Crippen LogP contribution in [0.2, 0.25) is 6.55 Å². The van der Waals surface area contributed by atoms with E-state index in [1.165, 1.54) is 38.6 Å². The molecule has 0 aromatic heterocycles. The summed E-state index contributed by atoms with van der Waals surface area (Å²) in [5.74, 6) is 0. The third-order valence-electron chi connectivity index (χ3n) is 2.64. The van der Waals surface area contributed by atoms with Gasteiger partial charge in [-0.2, -0.15) is 0 Å². The lowest BCUT2D eigenvalue weighted by molar-refractivity contribution is 0.266. The summed E-state index contributed by atoms with van der Waals surface area (Å²) < 4.78 is 2.64. The van der Waals surface area contributed by atoms with E-state index in [1.54, 1.807) is 0 Å². The van der Waals surface area contributed by atoms with Gasteiger partial charge in [-0.05, 0) is 19.4 Å². The van der Waals surface area contributed by atoms with Crippen LogP contribution in [-0.4, -0.2) is 26.8 Å². The standard InChI is InChI=1S/C9H19NSi/c1-3-10(11-2)9-7-5-4-6-8-9/h9H,3-8H2,1-2H3. The van der Waals surface area contributed by atoms with Crippen LogP contribution in [0, 0.1) is 0 Å². The molecule has 0 heterocycles. The molecule has 0 N–H and O–H groups in total. The summed E-state index contributed by atoms with van der Waals surface area (Å²) in [6.07, 6.45) is 7.31. The molecule has 64 valence electrons. The van der Waals surface area contributed by atoms with E-state index in [9.17, 15) is 0 Å². The van der Waals surface area contributed by atoms with Gasteiger partial charge in [0, 0.05) is 6.04 Å². The van der Waals surface area contributed by atoms with E-state index in [2.05, 4.69) is 18.0 Å². The van der Waals surface area contributed by atoms with Crippen molar-refractivity contribution >= 4 is 9.68 Å². The molecule has 1 rings (SSSR count). The molecule has 1 aliphatic carbocycles. The first-order valence-corrected chi connectivity index (χ1v) is 6.27. The highest BCUT2D eigenvalue weighted by atomic mass is 28.2. The van der Waals surface area contributed by atoms with Gasteiger partial charge in [-0.1, -0.05) is 32.7 Å². The van der Waals surface area contributed by atoms with Crippen molar-refractivity contribution in [2.75, 3.05) is 6.54 Å². The van der Waals surface area contributed by atoms with E-state index in [1.807, 2.05) is 0 Å². The monoisotopic (exact) mass is 169 g/mol. The molecule has 0 aromatic carbocycles. The van der Waals surface area contributed by atoms with Crippen molar-refractivity contribution in [1.82, 2.24) is 4.57 Å². The smallest absolute Gasteiger partial charge is 0.138 e. The molecule has 1 aliphatic rings. The second-order valence-electron chi connectivity index (χ2n) is 3.30. The number of nitrogens with zero attached hydrogens (tertiary/aromatic N) is 1. The fraction of sp³-hybridized carbons (Fsp3) is 1.00. The molecule has 1 nitrogen and oxygen atoms in total. The van der Waals surface area contributed by atoms with E-state index in [0.29, 0.717) is 0 Å². The van der Waals surface area contributed by atoms with E-state index < -0.39 is 0 Å². The molecule has 0 amide bonds. The second-order valence-corrected chi connectivity index (χ2v) is 4.32. The van der Waals surface area contributed by atoms with Gasteiger partial charge in [0.15, 0.2) is 0 Å². The Kier molecular flexibility index (Phi) is 4.16. The quantitative estimate of drug-likeness (QED) is 0.586. The maximum absolute atomic E-state index is 2.64. The molecular weight excluding hydrogens is 150 g/mol. The van der Waals surface area contributed by atoms with Crippen molar-refractivity contribution in [3.63, 3.8) is 0 Å². The molecule has 0 spiro atoms. The van der Waals surface area contributed by atoms with E-state index >= 15 is 0 Å². The van der Waals surface area contributed by atoms with Gasteiger partial charge in [0.25, 0.3) is 0 Å². The third-order valence-corrected chi connectivity index (χ3v) is 3.90.